The molecule has 0 saturated carbocycles. The molecule has 10 nitrogen and oxygen atoms in total. The van der Waals surface area contributed by atoms with E-state index in [1.54, 1.807) is 14.2 Å². The van der Waals surface area contributed by atoms with Crippen LogP contribution in [0.3, 0.4) is 0 Å². The van der Waals surface area contributed by atoms with Gasteiger partial charge in [0, 0.05) is 24.2 Å². The van der Waals surface area contributed by atoms with Crippen molar-refractivity contribution in [3.63, 3.8) is 0 Å². The van der Waals surface area contributed by atoms with Crippen LogP contribution in [0, 0.1) is 24.7 Å². The number of benzene rings is 1. The first-order valence-corrected chi connectivity index (χ1v) is 13.2. The van der Waals surface area contributed by atoms with Gasteiger partial charge >= 0.3 is 12.1 Å². The zero-order valence-corrected chi connectivity index (χ0v) is 23.6. The molecule has 2 aliphatic heterocycles. The van der Waals surface area contributed by atoms with Gasteiger partial charge in [-0.05, 0) is 43.6 Å². The van der Waals surface area contributed by atoms with Gasteiger partial charge in [0.25, 0.3) is 0 Å². The maximum Gasteiger partial charge on any atom is 0.416 e. The highest BCUT2D eigenvalue weighted by atomic mass is 16.7. The summed E-state index contributed by atoms with van der Waals surface area (Å²) < 4.78 is 32.7. The van der Waals surface area contributed by atoms with E-state index in [9.17, 15) is 14.4 Å². The van der Waals surface area contributed by atoms with E-state index in [0.29, 0.717) is 49.5 Å². The number of carbonyl (C=O) groups excluding carboxylic acids is 3. The van der Waals surface area contributed by atoms with Crippen molar-refractivity contribution in [2.45, 2.75) is 66.5 Å². The molecule has 1 aromatic carbocycles. The highest BCUT2D eigenvalue weighted by Gasteiger charge is 2.41. The van der Waals surface area contributed by atoms with Crippen molar-refractivity contribution in [1.29, 1.82) is 0 Å². The molecule has 0 bridgehead atoms. The number of rotatable bonds is 14. The standard InChI is InChI=1S/C28H41NO9/c1-16(2)22-14-37-28(32)29(22)26(30)18(4)12-17(3)8-9-20-24(34-7)19(5)21-13-36-27(31)23(21)25(20)38-15-35-11-10-33-6/h16-18,22H,8-15H2,1-7H3/t17?,18-,22-/m0/s1. The van der Waals surface area contributed by atoms with Crippen LogP contribution in [0.5, 0.6) is 11.5 Å². The summed E-state index contributed by atoms with van der Waals surface area (Å²) in [6.07, 6.45) is 1.30. The minimum absolute atomic E-state index is 0.0493. The number of carbonyl (C=O) groups is 3. The highest BCUT2D eigenvalue weighted by Crippen LogP contribution is 2.43. The van der Waals surface area contributed by atoms with E-state index in [0.717, 1.165) is 16.7 Å². The molecule has 0 aromatic heterocycles. The fraction of sp³-hybridized carbons (Fsp3) is 0.679. The van der Waals surface area contributed by atoms with Gasteiger partial charge in [-0.25, -0.2) is 14.5 Å². The van der Waals surface area contributed by atoms with Crippen LogP contribution in [-0.4, -0.2) is 69.7 Å². The minimum atomic E-state index is -0.562. The maximum atomic E-state index is 13.1. The van der Waals surface area contributed by atoms with Gasteiger partial charge in [0.15, 0.2) is 6.79 Å². The summed E-state index contributed by atoms with van der Waals surface area (Å²) in [5.74, 6) is 0.353. The topological polar surface area (TPSA) is 110 Å². The van der Waals surface area contributed by atoms with Crippen LogP contribution in [0.4, 0.5) is 4.79 Å². The fourth-order valence-corrected chi connectivity index (χ4v) is 5.14. The number of methoxy groups -OCH3 is 2. The largest absolute Gasteiger partial charge is 0.496 e. The van der Waals surface area contributed by atoms with E-state index in [4.69, 9.17) is 28.4 Å². The van der Waals surface area contributed by atoms with Crippen molar-refractivity contribution in [1.82, 2.24) is 4.90 Å². The third-order valence-electron chi connectivity index (χ3n) is 7.32. The maximum absolute atomic E-state index is 13.1. The average molecular weight is 536 g/mol. The van der Waals surface area contributed by atoms with Crippen LogP contribution >= 0.6 is 0 Å². The zero-order chi connectivity index (χ0) is 28.0. The van der Waals surface area contributed by atoms with E-state index in [1.165, 1.54) is 4.90 Å². The second-order valence-corrected chi connectivity index (χ2v) is 10.4. The van der Waals surface area contributed by atoms with Crippen molar-refractivity contribution in [2.75, 3.05) is 40.8 Å². The van der Waals surface area contributed by atoms with Crippen LogP contribution in [0.25, 0.3) is 0 Å². The molecule has 2 heterocycles. The number of nitrogens with zero attached hydrogens (tertiary/aromatic N) is 1. The fourth-order valence-electron chi connectivity index (χ4n) is 5.14. The predicted molar refractivity (Wildman–Crippen MR) is 138 cm³/mol. The van der Waals surface area contributed by atoms with E-state index in [-0.39, 0.29) is 49.7 Å². The second kappa shape index (κ2) is 13.3. The average Bonchev–Trinajstić information content (AvgIpc) is 3.46. The van der Waals surface area contributed by atoms with E-state index in [1.807, 2.05) is 27.7 Å². The summed E-state index contributed by atoms with van der Waals surface area (Å²) >= 11 is 0. The van der Waals surface area contributed by atoms with Crippen molar-refractivity contribution in [3.8, 4) is 11.5 Å². The molecule has 2 amide bonds. The van der Waals surface area contributed by atoms with Crippen LogP contribution in [0.15, 0.2) is 0 Å². The Bertz CT molecular complexity index is 1020. The molecule has 3 atom stereocenters. The van der Waals surface area contributed by atoms with Crippen molar-refractivity contribution in [3.05, 3.63) is 22.3 Å². The smallest absolute Gasteiger partial charge is 0.416 e. The number of hydrogen-bond acceptors (Lipinski definition) is 9. The molecule has 2 aliphatic rings. The Morgan fingerprint density at radius 3 is 2.47 bits per heavy atom. The third kappa shape index (κ3) is 6.40. The van der Waals surface area contributed by atoms with Crippen LogP contribution in [-0.2, 0) is 36.8 Å². The lowest BCUT2D eigenvalue weighted by Crippen LogP contribution is -2.44. The number of ether oxygens (including phenoxy) is 6. The molecule has 1 aromatic rings. The van der Waals surface area contributed by atoms with Gasteiger partial charge in [-0.3, -0.25) is 4.79 Å². The molecule has 38 heavy (non-hydrogen) atoms. The predicted octanol–water partition coefficient (Wildman–Crippen LogP) is 4.27. The van der Waals surface area contributed by atoms with Gasteiger partial charge in [0.1, 0.15) is 30.3 Å². The van der Waals surface area contributed by atoms with Crippen LogP contribution < -0.4 is 9.47 Å². The summed E-state index contributed by atoms with van der Waals surface area (Å²) in [5, 5.41) is 0. The molecule has 1 saturated heterocycles. The Hall–Kier alpha value is -2.85. The second-order valence-electron chi connectivity index (χ2n) is 10.4. The number of cyclic esters (lactones) is 2. The first-order valence-electron chi connectivity index (χ1n) is 13.2. The number of hydrogen-bond donors (Lipinski definition) is 0. The molecular weight excluding hydrogens is 494 g/mol. The normalized spacial score (nSPS) is 18.3. The van der Waals surface area contributed by atoms with Crippen molar-refractivity contribution in [2.24, 2.45) is 17.8 Å². The van der Waals surface area contributed by atoms with Crippen molar-refractivity contribution < 1.29 is 42.8 Å². The minimum Gasteiger partial charge on any atom is -0.496 e. The molecule has 10 heteroatoms. The zero-order valence-electron chi connectivity index (χ0n) is 23.6. The Balaban J connectivity index is 1.75. The number of fused-ring (bicyclic) bond motifs is 1. The molecule has 0 spiro atoms. The van der Waals surface area contributed by atoms with Crippen LogP contribution in [0.1, 0.15) is 67.6 Å². The van der Waals surface area contributed by atoms with Gasteiger partial charge in [0.05, 0.1) is 26.4 Å². The molecular formula is C28H41NO9. The Kier molecular flexibility index (Phi) is 10.4. The lowest BCUT2D eigenvalue weighted by molar-refractivity contribution is -0.134. The SMILES string of the molecule is COCCOCOc1c(CCC(C)C[C@H](C)C(=O)N2C(=O)OC[C@H]2C(C)C)c(OC)c(C)c2c1C(=O)OC2. The summed E-state index contributed by atoms with van der Waals surface area (Å²) in [5.41, 5.74) is 2.79. The first-order chi connectivity index (χ1) is 18.1. The summed E-state index contributed by atoms with van der Waals surface area (Å²) in [6, 6.07) is -0.239. The van der Waals surface area contributed by atoms with Gasteiger partial charge in [-0.15, -0.1) is 0 Å². The van der Waals surface area contributed by atoms with Gasteiger partial charge in [-0.2, -0.15) is 0 Å². The highest BCUT2D eigenvalue weighted by molar-refractivity contribution is 5.98. The van der Waals surface area contributed by atoms with Gasteiger partial charge in [0.2, 0.25) is 5.91 Å². The molecule has 0 aliphatic carbocycles. The van der Waals surface area contributed by atoms with Crippen molar-refractivity contribution >= 4 is 18.0 Å². The van der Waals surface area contributed by atoms with E-state index in [2.05, 4.69) is 6.92 Å². The Morgan fingerprint density at radius 1 is 1.08 bits per heavy atom. The lowest BCUT2D eigenvalue weighted by Gasteiger charge is -2.26. The molecule has 1 unspecified atom stereocenters. The number of amides is 2. The Labute approximate surface area is 224 Å². The lowest BCUT2D eigenvalue weighted by atomic mass is 9.88. The summed E-state index contributed by atoms with van der Waals surface area (Å²) in [4.78, 5) is 39.3. The van der Waals surface area contributed by atoms with Crippen LogP contribution in [0.2, 0.25) is 0 Å². The number of esters is 1. The van der Waals surface area contributed by atoms with Gasteiger partial charge in [-0.1, -0.05) is 27.7 Å². The van der Waals surface area contributed by atoms with E-state index >= 15 is 0 Å². The summed E-state index contributed by atoms with van der Waals surface area (Å²) in [6.45, 7) is 10.9. The molecule has 0 N–H and O–H groups in total. The molecule has 0 radical (unpaired) electrons. The molecule has 1 fully saturated rings. The molecule has 212 valence electrons. The summed E-state index contributed by atoms with van der Waals surface area (Å²) in [7, 11) is 3.18. The van der Waals surface area contributed by atoms with E-state index < -0.39 is 12.1 Å². The monoisotopic (exact) mass is 535 g/mol. The quantitative estimate of drug-likeness (QED) is 0.196. The Morgan fingerprint density at radius 2 is 1.82 bits per heavy atom. The number of imide groups is 1. The third-order valence-corrected chi connectivity index (χ3v) is 7.32. The first kappa shape index (κ1) is 29.7. The molecule has 3 rings (SSSR count). The van der Waals surface area contributed by atoms with Gasteiger partial charge < -0.3 is 28.4 Å².